The number of piperazine rings is 1. The Hall–Kier alpha value is -2.12. The Morgan fingerprint density at radius 1 is 1.14 bits per heavy atom. The number of hydrogen-bond donors (Lipinski definition) is 1. The maximum absolute atomic E-state index is 5.37. The summed E-state index contributed by atoms with van der Waals surface area (Å²) >= 11 is 0. The average molecular weight is 288 g/mol. The van der Waals surface area contributed by atoms with Gasteiger partial charge < -0.3 is 19.3 Å². The van der Waals surface area contributed by atoms with Gasteiger partial charge in [-0.1, -0.05) is 5.16 Å². The molecule has 1 aromatic carbocycles. The van der Waals surface area contributed by atoms with Crippen molar-refractivity contribution >= 4 is 0 Å². The number of rotatable bonds is 3. The standard InChI is InChI=1S/C14H16N4O3/c1-2-11-12(20-9-19-11)7-10(1)14-16-13(21-17-14)8-18-5-3-15-4-6-18/h1-2,7,15H,3-6,8-9H2. The monoisotopic (exact) mass is 288 g/mol. The second-order valence-electron chi connectivity index (χ2n) is 5.11. The van der Waals surface area contributed by atoms with Crippen LogP contribution in [0.15, 0.2) is 22.7 Å². The van der Waals surface area contributed by atoms with E-state index in [0.29, 0.717) is 18.3 Å². The van der Waals surface area contributed by atoms with Crippen LogP contribution in [0.4, 0.5) is 0 Å². The summed E-state index contributed by atoms with van der Waals surface area (Å²) in [6.45, 7) is 4.97. The van der Waals surface area contributed by atoms with Gasteiger partial charge in [0.05, 0.1) is 6.54 Å². The molecular weight excluding hydrogens is 272 g/mol. The third-order valence-corrected chi connectivity index (χ3v) is 3.67. The molecule has 0 radical (unpaired) electrons. The summed E-state index contributed by atoms with van der Waals surface area (Å²) in [5.74, 6) is 2.70. The van der Waals surface area contributed by atoms with Gasteiger partial charge in [0.1, 0.15) is 0 Å². The Morgan fingerprint density at radius 3 is 2.90 bits per heavy atom. The molecule has 2 aliphatic heterocycles. The average Bonchev–Trinajstić information content (AvgIpc) is 3.16. The zero-order valence-corrected chi connectivity index (χ0v) is 11.5. The van der Waals surface area contributed by atoms with Crippen LogP contribution in [0, 0.1) is 0 Å². The highest BCUT2D eigenvalue weighted by molar-refractivity contribution is 5.61. The smallest absolute Gasteiger partial charge is 0.241 e. The number of hydrogen-bond acceptors (Lipinski definition) is 7. The molecular formula is C14H16N4O3. The van der Waals surface area contributed by atoms with Gasteiger partial charge in [0.2, 0.25) is 18.5 Å². The fraction of sp³-hybridized carbons (Fsp3) is 0.429. The minimum atomic E-state index is 0.263. The SMILES string of the molecule is c1cc2c(cc1-c1noc(CN3CCNCC3)n1)OCO2. The highest BCUT2D eigenvalue weighted by atomic mass is 16.7. The van der Waals surface area contributed by atoms with Gasteiger partial charge in [-0.3, -0.25) is 4.90 Å². The first-order chi connectivity index (χ1) is 10.4. The topological polar surface area (TPSA) is 72.7 Å². The van der Waals surface area contributed by atoms with E-state index >= 15 is 0 Å². The molecule has 2 aliphatic rings. The summed E-state index contributed by atoms with van der Waals surface area (Å²) in [5, 5.41) is 7.37. The fourth-order valence-corrected chi connectivity index (χ4v) is 2.53. The highest BCUT2D eigenvalue weighted by Crippen LogP contribution is 2.35. The summed E-state index contributed by atoms with van der Waals surface area (Å²) in [6, 6.07) is 5.65. The lowest BCUT2D eigenvalue weighted by Gasteiger charge is -2.25. The third-order valence-electron chi connectivity index (χ3n) is 3.67. The molecule has 0 spiro atoms. The molecule has 1 fully saturated rings. The van der Waals surface area contributed by atoms with Crippen LogP contribution in [0.1, 0.15) is 5.89 Å². The van der Waals surface area contributed by atoms with Crippen LogP contribution in [0.5, 0.6) is 11.5 Å². The van der Waals surface area contributed by atoms with E-state index in [-0.39, 0.29) is 6.79 Å². The van der Waals surface area contributed by atoms with Gasteiger partial charge >= 0.3 is 0 Å². The maximum atomic E-state index is 5.37. The van der Waals surface area contributed by atoms with Crippen molar-refractivity contribution in [2.24, 2.45) is 0 Å². The van der Waals surface area contributed by atoms with Gasteiger partial charge in [0.15, 0.2) is 11.5 Å². The van der Waals surface area contributed by atoms with Crippen molar-refractivity contribution in [3.05, 3.63) is 24.1 Å². The van der Waals surface area contributed by atoms with E-state index in [1.807, 2.05) is 18.2 Å². The molecule has 7 heteroatoms. The highest BCUT2D eigenvalue weighted by Gasteiger charge is 2.18. The van der Waals surface area contributed by atoms with E-state index in [4.69, 9.17) is 14.0 Å². The molecule has 0 atom stereocenters. The molecule has 0 unspecified atom stereocenters. The van der Waals surface area contributed by atoms with Gasteiger partial charge in [0.25, 0.3) is 0 Å². The lowest BCUT2D eigenvalue weighted by Crippen LogP contribution is -2.42. The number of ether oxygens (including phenoxy) is 2. The van der Waals surface area contributed by atoms with E-state index in [1.165, 1.54) is 0 Å². The van der Waals surface area contributed by atoms with Crippen LogP contribution in [0.2, 0.25) is 0 Å². The van der Waals surface area contributed by atoms with Crippen molar-refractivity contribution in [1.29, 1.82) is 0 Å². The van der Waals surface area contributed by atoms with Crippen molar-refractivity contribution < 1.29 is 14.0 Å². The van der Waals surface area contributed by atoms with Crippen LogP contribution in [-0.4, -0.2) is 48.0 Å². The number of fused-ring (bicyclic) bond motifs is 1. The molecule has 1 N–H and O–H groups in total. The number of benzene rings is 1. The van der Waals surface area contributed by atoms with Crippen molar-refractivity contribution in [2.75, 3.05) is 33.0 Å². The lowest BCUT2D eigenvalue weighted by atomic mass is 10.2. The fourth-order valence-electron chi connectivity index (χ4n) is 2.53. The summed E-state index contributed by atoms with van der Waals surface area (Å²) in [5.41, 5.74) is 0.870. The predicted octanol–water partition coefficient (Wildman–Crippen LogP) is 0.870. The normalized spacial score (nSPS) is 18.1. The molecule has 0 bridgehead atoms. The zero-order valence-electron chi connectivity index (χ0n) is 11.5. The van der Waals surface area contributed by atoms with E-state index in [0.717, 1.165) is 43.2 Å². The molecule has 1 aromatic heterocycles. The van der Waals surface area contributed by atoms with Crippen LogP contribution in [0.3, 0.4) is 0 Å². The van der Waals surface area contributed by atoms with E-state index in [9.17, 15) is 0 Å². The quantitative estimate of drug-likeness (QED) is 0.898. The first-order valence-electron chi connectivity index (χ1n) is 7.04. The van der Waals surface area contributed by atoms with Gasteiger partial charge in [-0.05, 0) is 18.2 Å². The molecule has 1 saturated heterocycles. The Bertz CT molecular complexity index is 637. The van der Waals surface area contributed by atoms with Crippen molar-refractivity contribution in [3.63, 3.8) is 0 Å². The summed E-state index contributed by atoms with van der Waals surface area (Å²) in [4.78, 5) is 6.76. The Kier molecular flexibility index (Phi) is 3.21. The van der Waals surface area contributed by atoms with Gasteiger partial charge in [-0.25, -0.2) is 0 Å². The minimum Gasteiger partial charge on any atom is -0.454 e. The summed E-state index contributed by atoms with van der Waals surface area (Å²) < 4.78 is 16.0. The zero-order chi connectivity index (χ0) is 14.1. The summed E-state index contributed by atoms with van der Waals surface area (Å²) in [7, 11) is 0. The Labute approximate surface area is 121 Å². The van der Waals surface area contributed by atoms with Crippen molar-refractivity contribution in [3.8, 4) is 22.9 Å². The van der Waals surface area contributed by atoms with E-state index in [2.05, 4.69) is 20.4 Å². The van der Waals surface area contributed by atoms with Gasteiger partial charge in [-0.2, -0.15) is 4.98 Å². The first kappa shape index (κ1) is 12.6. The van der Waals surface area contributed by atoms with Gasteiger partial charge in [0, 0.05) is 31.7 Å². The molecule has 0 saturated carbocycles. The second-order valence-corrected chi connectivity index (χ2v) is 5.11. The van der Waals surface area contributed by atoms with Crippen LogP contribution >= 0.6 is 0 Å². The molecule has 2 aromatic rings. The van der Waals surface area contributed by atoms with Gasteiger partial charge in [-0.15, -0.1) is 0 Å². The van der Waals surface area contributed by atoms with Crippen LogP contribution < -0.4 is 14.8 Å². The molecule has 3 heterocycles. The second kappa shape index (κ2) is 5.34. The number of aromatic nitrogens is 2. The molecule has 0 amide bonds. The van der Waals surface area contributed by atoms with Crippen molar-refractivity contribution in [1.82, 2.24) is 20.4 Å². The number of nitrogens with zero attached hydrogens (tertiary/aromatic N) is 3. The van der Waals surface area contributed by atoms with E-state index in [1.54, 1.807) is 0 Å². The summed E-state index contributed by atoms with van der Waals surface area (Å²) in [6.07, 6.45) is 0. The molecule has 110 valence electrons. The molecule has 21 heavy (non-hydrogen) atoms. The molecule has 4 rings (SSSR count). The molecule has 7 nitrogen and oxygen atoms in total. The maximum Gasteiger partial charge on any atom is 0.241 e. The third kappa shape index (κ3) is 2.57. The minimum absolute atomic E-state index is 0.263. The predicted molar refractivity (Wildman–Crippen MR) is 74.0 cm³/mol. The van der Waals surface area contributed by atoms with Crippen LogP contribution in [0.25, 0.3) is 11.4 Å². The largest absolute Gasteiger partial charge is 0.454 e. The number of nitrogens with one attached hydrogen (secondary N) is 1. The Balaban J connectivity index is 1.51. The van der Waals surface area contributed by atoms with Crippen molar-refractivity contribution in [2.45, 2.75) is 6.54 Å². The Morgan fingerprint density at radius 2 is 2.00 bits per heavy atom. The van der Waals surface area contributed by atoms with E-state index < -0.39 is 0 Å². The molecule has 0 aliphatic carbocycles. The van der Waals surface area contributed by atoms with Crippen LogP contribution in [-0.2, 0) is 6.54 Å². The first-order valence-corrected chi connectivity index (χ1v) is 7.04. The lowest BCUT2D eigenvalue weighted by molar-refractivity contribution is 0.174.